The highest BCUT2D eigenvalue weighted by atomic mass is 19.1. The molecule has 2 aromatic heterocycles. The third-order valence-corrected chi connectivity index (χ3v) is 3.02. The van der Waals surface area contributed by atoms with Gasteiger partial charge in [-0.05, 0) is 36.4 Å². The number of carbonyl (C=O) groups excluding carboxylic acids is 1. The number of ether oxygens (including phenoxy) is 1. The van der Waals surface area contributed by atoms with Gasteiger partial charge in [0.1, 0.15) is 11.5 Å². The fourth-order valence-electron chi connectivity index (χ4n) is 1.99. The van der Waals surface area contributed by atoms with Crippen LogP contribution in [0, 0.1) is 5.82 Å². The second-order valence-electron chi connectivity index (χ2n) is 4.31. The molecule has 1 aromatic carbocycles. The van der Waals surface area contributed by atoms with Crippen LogP contribution >= 0.6 is 0 Å². The van der Waals surface area contributed by atoms with Gasteiger partial charge < -0.3 is 9.14 Å². The van der Waals surface area contributed by atoms with E-state index >= 15 is 0 Å². The molecule has 0 bridgehead atoms. The Morgan fingerprint density at radius 2 is 2.00 bits per heavy atom. The average molecular weight is 270 g/mol. The number of pyridine rings is 1. The van der Waals surface area contributed by atoms with Crippen LogP contribution in [0.2, 0.25) is 0 Å². The van der Waals surface area contributed by atoms with E-state index < -0.39 is 5.97 Å². The van der Waals surface area contributed by atoms with Gasteiger partial charge in [0.05, 0.1) is 18.4 Å². The lowest BCUT2D eigenvalue weighted by Crippen LogP contribution is -2.01. The maximum absolute atomic E-state index is 12.9. The Kier molecular flexibility index (Phi) is 2.95. The first kappa shape index (κ1) is 12.3. The molecule has 0 fully saturated rings. The molecule has 0 amide bonds. The van der Waals surface area contributed by atoms with Gasteiger partial charge in [-0.2, -0.15) is 0 Å². The monoisotopic (exact) mass is 270 g/mol. The molecule has 4 nitrogen and oxygen atoms in total. The maximum atomic E-state index is 12.9. The molecule has 0 saturated heterocycles. The number of carbonyl (C=O) groups is 1. The molecular weight excluding hydrogens is 259 g/mol. The molecular formula is C15H11FN2O2. The second-order valence-corrected chi connectivity index (χ2v) is 4.31. The van der Waals surface area contributed by atoms with Crippen molar-refractivity contribution >= 4 is 11.6 Å². The van der Waals surface area contributed by atoms with Gasteiger partial charge in [-0.1, -0.05) is 0 Å². The van der Waals surface area contributed by atoms with Crippen LogP contribution in [0.15, 0.2) is 48.8 Å². The lowest BCUT2D eigenvalue weighted by Gasteiger charge is -1.98. The zero-order valence-electron chi connectivity index (χ0n) is 10.7. The number of esters is 1. The van der Waals surface area contributed by atoms with Crippen LogP contribution in [0.3, 0.4) is 0 Å². The highest BCUT2D eigenvalue weighted by molar-refractivity contribution is 5.90. The molecule has 3 rings (SSSR count). The molecule has 0 atom stereocenters. The predicted octanol–water partition coefficient (Wildman–Crippen LogP) is 2.93. The number of nitrogens with zero attached hydrogens (tertiary/aromatic N) is 2. The number of aromatic nitrogens is 2. The molecule has 2 heterocycles. The van der Waals surface area contributed by atoms with Gasteiger partial charge in [-0.3, -0.25) is 0 Å². The summed E-state index contributed by atoms with van der Waals surface area (Å²) in [7, 11) is 1.34. The number of hydrogen-bond acceptors (Lipinski definition) is 3. The van der Waals surface area contributed by atoms with Crippen LogP contribution in [-0.4, -0.2) is 22.5 Å². The highest BCUT2D eigenvalue weighted by Gasteiger charge is 2.09. The number of imidazole rings is 1. The number of methoxy groups -OCH3 is 1. The van der Waals surface area contributed by atoms with Gasteiger partial charge in [0.15, 0.2) is 0 Å². The first-order valence-corrected chi connectivity index (χ1v) is 6.00. The van der Waals surface area contributed by atoms with E-state index in [1.807, 2.05) is 6.20 Å². The zero-order chi connectivity index (χ0) is 14.1. The SMILES string of the molecule is COC(=O)c1ccn2cc(-c3ccc(F)cc3)nc2c1. The molecule has 0 aliphatic carbocycles. The number of halogens is 1. The summed E-state index contributed by atoms with van der Waals surface area (Å²) in [6.45, 7) is 0. The molecule has 0 spiro atoms. The summed E-state index contributed by atoms with van der Waals surface area (Å²) in [6.07, 6.45) is 3.56. The first-order valence-electron chi connectivity index (χ1n) is 6.00. The van der Waals surface area contributed by atoms with Crippen LogP contribution in [0.4, 0.5) is 4.39 Å². The van der Waals surface area contributed by atoms with Crippen molar-refractivity contribution in [1.29, 1.82) is 0 Å². The molecule has 0 radical (unpaired) electrons. The van der Waals surface area contributed by atoms with Crippen molar-refractivity contribution in [3.8, 4) is 11.3 Å². The summed E-state index contributed by atoms with van der Waals surface area (Å²) in [5.74, 6) is -0.690. The molecule has 5 heteroatoms. The third kappa shape index (κ3) is 2.14. The van der Waals surface area contributed by atoms with Crippen molar-refractivity contribution < 1.29 is 13.9 Å². The van der Waals surface area contributed by atoms with E-state index in [0.717, 1.165) is 5.56 Å². The van der Waals surface area contributed by atoms with Gasteiger partial charge in [0.25, 0.3) is 0 Å². The summed E-state index contributed by atoms with van der Waals surface area (Å²) < 4.78 is 19.4. The van der Waals surface area contributed by atoms with Crippen molar-refractivity contribution in [2.24, 2.45) is 0 Å². The Morgan fingerprint density at radius 1 is 1.25 bits per heavy atom. The summed E-state index contributed by atoms with van der Waals surface area (Å²) in [5, 5.41) is 0. The van der Waals surface area contributed by atoms with Gasteiger partial charge >= 0.3 is 5.97 Å². The van der Waals surface area contributed by atoms with E-state index in [1.54, 1.807) is 34.9 Å². The molecule has 100 valence electrons. The molecule has 20 heavy (non-hydrogen) atoms. The molecule has 0 N–H and O–H groups in total. The fraction of sp³-hybridized carbons (Fsp3) is 0.0667. The Hall–Kier alpha value is -2.69. The average Bonchev–Trinajstić information content (AvgIpc) is 2.90. The lowest BCUT2D eigenvalue weighted by atomic mass is 10.2. The smallest absolute Gasteiger partial charge is 0.338 e. The second kappa shape index (κ2) is 4.77. The Morgan fingerprint density at radius 3 is 2.70 bits per heavy atom. The lowest BCUT2D eigenvalue weighted by molar-refractivity contribution is 0.0600. The minimum absolute atomic E-state index is 0.287. The van der Waals surface area contributed by atoms with Crippen molar-refractivity contribution in [2.75, 3.05) is 7.11 Å². The van der Waals surface area contributed by atoms with Gasteiger partial charge in [0.2, 0.25) is 0 Å². The Bertz CT molecular complexity index is 778. The quantitative estimate of drug-likeness (QED) is 0.672. The topological polar surface area (TPSA) is 43.6 Å². The van der Waals surface area contributed by atoms with E-state index in [-0.39, 0.29) is 5.82 Å². The number of hydrogen-bond donors (Lipinski definition) is 0. The van der Waals surface area contributed by atoms with E-state index in [1.165, 1.54) is 19.2 Å². The van der Waals surface area contributed by atoms with E-state index in [4.69, 9.17) is 0 Å². The molecule has 0 unspecified atom stereocenters. The summed E-state index contributed by atoms with van der Waals surface area (Å²) in [5.41, 5.74) is 2.60. The van der Waals surface area contributed by atoms with Crippen LogP contribution in [0.25, 0.3) is 16.9 Å². The van der Waals surface area contributed by atoms with Crippen molar-refractivity contribution in [1.82, 2.24) is 9.38 Å². The number of rotatable bonds is 2. The summed E-state index contributed by atoms with van der Waals surface area (Å²) in [6, 6.07) is 9.42. The van der Waals surface area contributed by atoms with Crippen LogP contribution in [0.1, 0.15) is 10.4 Å². The minimum Gasteiger partial charge on any atom is -0.465 e. The third-order valence-electron chi connectivity index (χ3n) is 3.02. The Labute approximate surface area is 114 Å². The highest BCUT2D eigenvalue weighted by Crippen LogP contribution is 2.20. The van der Waals surface area contributed by atoms with Gasteiger partial charge in [-0.25, -0.2) is 14.2 Å². The summed E-state index contributed by atoms with van der Waals surface area (Å²) >= 11 is 0. The van der Waals surface area contributed by atoms with Crippen molar-refractivity contribution in [3.63, 3.8) is 0 Å². The Balaban J connectivity index is 2.06. The summed E-state index contributed by atoms with van der Waals surface area (Å²) in [4.78, 5) is 15.9. The van der Waals surface area contributed by atoms with E-state index in [0.29, 0.717) is 16.9 Å². The number of benzene rings is 1. The van der Waals surface area contributed by atoms with E-state index in [2.05, 4.69) is 9.72 Å². The van der Waals surface area contributed by atoms with Gasteiger partial charge in [0, 0.05) is 18.0 Å². The van der Waals surface area contributed by atoms with Crippen molar-refractivity contribution in [3.05, 3.63) is 60.2 Å². The van der Waals surface area contributed by atoms with Crippen LogP contribution in [-0.2, 0) is 4.74 Å². The molecule has 0 saturated carbocycles. The normalized spacial score (nSPS) is 10.7. The van der Waals surface area contributed by atoms with Crippen LogP contribution < -0.4 is 0 Å². The minimum atomic E-state index is -0.404. The largest absolute Gasteiger partial charge is 0.465 e. The van der Waals surface area contributed by atoms with E-state index in [9.17, 15) is 9.18 Å². The van der Waals surface area contributed by atoms with Crippen molar-refractivity contribution in [2.45, 2.75) is 0 Å². The first-order chi connectivity index (χ1) is 9.67. The zero-order valence-corrected chi connectivity index (χ0v) is 10.7. The fourth-order valence-corrected chi connectivity index (χ4v) is 1.99. The molecule has 0 aliphatic rings. The molecule has 3 aromatic rings. The van der Waals surface area contributed by atoms with Gasteiger partial charge in [-0.15, -0.1) is 0 Å². The predicted molar refractivity (Wildman–Crippen MR) is 71.9 cm³/mol. The maximum Gasteiger partial charge on any atom is 0.338 e. The standard InChI is InChI=1S/C15H11FN2O2/c1-20-15(19)11-6-7-18-9-13(17-14(18)8-11)10-2-4-12(16)5-3-10/h2-9H,1H3. The number of fused-ring (bicyclic) bond motifs is 1. The molecule has 0 aliphatic heterocycles. The van der Waals surface area contributed by atoms with Crippen LogP contribution in [0.5, 0.6) is 0 Å².